The molecule has 70 heavy (non-hydrogen) atoms. The quantitative estimate of drug-likeness (QED) is 0.164. The molecule has 0 saturated carbocycles. The predicted molar refractivity (Wildman–Crippen MR) is 260 cm³/mol. The van der Waals surface area contributed by atoms with Crippen molar-refractivity contribution in [1.29, 1.82) is 0 Å². The molecule has 0 spiro atoms. The van der Waals surface area contributed by atoms with E-state index in [1.807, 2.05) is 47.2 Å². The zero-order valence-corrected chi connectivity index (χ0v) is 39.4. The van der Waals surface area contributed by atoms with Crippen molar-refractivity contribution in [3.05, 3.63) is 83.9 Å². The van der Waals surface area contributed by atoms with Crippen molar-refractivity contribution in [2.45, 2.75) is 75.5 Å². The Hall–Kier alpha value is -7.28. The van der Waals surface area contributed by atoms with E-state index >= 15 is 0 Å². The molecular weight excluding hydrogens is 895 g/mol. The highest BCUT2D eigenvalue weighted by atomic mass is 16.5. The van der Waals surface area contributed by atoms with Gasteiger partial charge in [-0.05, 0) is 74.6 Å². The number of aromatic nitrogens is 2. The minimum atomic E-state index is -1.04. The number of nitrogen functional groups attached to an aromatic ring is 1. The first kappa shape index (κ1) is 46.4. The van der Waals surface area contributed by atoms with Crippen LogP contribution in [0.5, 0.6) is 11.5 Å². The van der Waals surface area contributed by atoms with E-state index in [9.17, 15) is 33.9 Å². The molecule has 0 radical (unpaired) electrons. The van der Waals surface area contributed by atoms with Crippen LogP contribution in [0.1, 0.15) is 72.1 Å². The first-order valence-electron chi connectivity index (χ1n) is 24.4. The molecule has 19 heteroatoms. The number of nitrogens with two attached hydrogens (primary N) is 1. The Kier molecular flexibility index (Phi) is 13.0. The molecule has 5 saturated heterocycles. The number of benzene rings is 3. The largest absolute Gasteiger partial charge is 0.507 e. The van der Waals surface area contributed by atoms with Crippen LogP contribution in [0.4, 0.5) is 22.9 Å². The van der Waals surface area contributed by atoms with Crippen LogP contribution in [0.2, 0.25) is 0 Å². The van der Waals surface area contributed by atoms with E-state index in [2.05, 4.69) is 42.3 Å². The van der Waals surface area contributed by atoms with Gasteiger partial charge in [0.05, 0.1) is 28.2 Å². The van der Waals surface area contributed by atoms with Gasteiger partial charge >= 0.3 is 0 Å². The number of carbonyl (C=O) groups excluding carboxylic acids is 6. The molecule has 1 aromatic heterocycles. The molecule has 7 heterocycles. The van der Waals surface area contributed by atoms with E-state index in [4.69, 9.17) is 10.5 Å². The number of piperidine rings is 2. The van der Waals surface area contributed by atoms with Crippen LogP contribution >= 0.6 is 0 Å². The number of imide groups is 2. The molecule has 10 rings (SSSR count). The molecule has 3 aromatic carbocycles. The second kappa shape index (κ2) is 19.6. The number of piperazine rings is 2. The van der Waals surface area contributed by atoms with Gasteiger partial charge in [0, 0.05) is 121 Å². The second-order valence-corrected chi connectivity index (χ2v) is 19.2. The van der Waals surface area contributed by atoms with Crippen molar-refractivity contribution in [1.82, 2.24) is 35.1 Å². The molecule has 2 bridgehead atoms. The summed E-state index contributed by atoms with van der Waals surface area (Å²) in [6, 6.07) is 22.0. The number of likely N-dealkylation sites (tertiary alicyclic amines) is 1. The summed E-state index contributed by atoms with van der Waals surface area (Å²) < 4.78 is 6.29. The molecule has 0 aliphatic carbocycles. The number of rotatable bonds is 13. The zero-order valence-electron chi connectivity index (χ0n) is 39.4. The normalized spacial score (nSPS) is 21.8. The first-order valence-corrected chi connectivity index (χ1v) is 24.4. The lowest BCUT2D eigenvalue weighted by Gasteiger charge is -2.43. The maximum Gasteiger partial charge on any atom is 0.264 e. The Labute approximate surface area is 406 Å². The molecule has 3 atom stereocenters. The number of fused-ring (bicyclic) bond motifs is 3. The van der Waals surface area contributed by atoms with Gasteiger partial charge in [0.25, 0.3) is 11.8 Å². The molecule has 4 aromatic rings. The zero-order chi connectivity index (χ0) is 48.6. The van der Waals surface area contributed by atoms with Gasteiger partial charge in [0.1, 0.15) is 24.1 Å². The molecule has 4 N–H and O–H groups in total. The summed E-state index contributed by atoms with van der Waals surface area (Å²) in [5.74, 6) is -0.908. The lowest BCUT2D eigenvalue weighted by atomic mass is 10.00. The number of hydrogen-bond acceptors (Lipinski definition) is 15. The summed E-state index contributed by atoms with van der Waals surface area (Å²) in [4.78, 5) is 91.7. The van der Waals surface area contributed by atoms with E-state index in [-0.39, 0.29) is 72.5 Å². The van der Waals surface area contributed by atoms with Gasteiger partial charge in [0.15, 0.2) is 5.82 Å². The SMILES string of the molecule is CN(c1cccc2c1C(=O)N(C1CCC(=O)NC1=O)C2=O)C1CCN(C(=O)CCC(=O)N2CCN(CCOc3cccc(N4C5CCC4CN(c4cc(-c6ccccc6O)nnc4N)C5)c3)CC2)CC1. The lowest BCUT2D eigenvalue weighted by molar-refractivity contribution is -0.138. The number of amides is 6. The maximum absolute atomic E-state index is 13.7. The number of para-hydroxylation sites is 1. The highest BCUT2D eigenvalue weighted by Crippen LogP contribution is 2.40. The van der Waals surface area contributed by atoms with Crippen molar-refractivity contribution >= 4 is 58.3 Å². The molecule has 6 amide bonds. The topological polar surface area (TPSA) is 218 Å². The average Bonchev–Trinajstić information content (AvgIpc) is 3.79. The van der Waals surface area contributed by atoms with Crippen LogP contribution < -0.4 is 30.5 Å². The number of phenols is 1. The van der Waals surface area contributed by atoms with Crippen LogP contribution in [0.15, 0.2) is 72.8 Å². The van der Waals surface area contributed by atoms with Crippen molar-refractivity contribution in [3.63, 3.8) is 0 Å². The van der Waals surface area contributed by atoms with Gasteiger partial charge in [-0.25, -0.2) is 0 Å². The molecule has 3 unspecified atom stereocenters. The van der Waals surface area contributed by atoms with Crippen LogP contribution in [0.3, 0.4) is 0 Å². The number of hydrogen-bond donors (Lipinski definition) is 3. The third-order valence-electron chi connectivity index (χ3n) is 15.1. The summed E-state index contributed by atoms with van der Waals surface area (Å²) in [6.07, 6.45) is 3.83. The molecular formula is C51H59N11O8. The summed E-state index contributed by atoms with van der Waals surface area (Å²) in [5.41, 5.74) is 10.6. The third-order valence-corrected chi connectivity index (χ3v) is 15.1. The van der Waals surface area contributed by atoms with Crippen molar-refractivity contribution < 1.29 is 38.6 Å². The predicted octanol–water partition coefficient (Wildman–Crippen LogP) is 3.12. The summed E-state index contributed by atoms with van der Waals surface area (Å²) in [7, 11) is 1.87. The summed E-state index contributed by atoms with van der Waals surface area (Å²) in [5, 5.41) is 21.2. The number of carbonyl (C=O) groups is 6. The van der Waals surface area contributed by atoms with Crippen molar-refractivity contribution in [2.75, 3.05) is 93.0 Å². The van der Waals surface area contributed by atoms with Crippen LogP contribution in [0, 0.1) is 0 Å². The Bertz CT molecular complexity index is 2690. The fraction of sp³-hybridized carbons (Fsp3) is 0.451. The van der Waals surface area contributed by atoms with Gasteiger partial charge in [-0.1, -0.05) is 24.3 Å². The minimum absolute atomic E-state index is 0.00861. The molecule has 19 nitrogen and oxygen atoms in total. The highest BCUT2D eigenvalue weighted by Gasteiger charge is 2.47. The van der Waals surface area contributed by atoms with Crippen LogP contribution in [-0.4, -0.2) is 167 Å². The summed E-state index contributed by atoms with van der Waals surface area (Å²) in [6.45, 7) is 6.45. The number of nitrogens with one attached hydrogen (secondary N) is 1. The Morgan fingerprint density at radius 2 is 1.47 bits per heavy atom. The number of aromatic hydroxyl groups is 1. The van der Waals surface area contributed by atoms with E-state index in [1.54, 1.807) is 35.2 Å². The van der Waals surface area contributed by atoms with E-state index in [0.29, 0.717) is 68.4 Å². The number of phenolic OH excluding ortho intramolecular Hbond substituents is 1. The van der Waals surface area contributed by atoms with Gasteiger partial charge in [-0.3, -0.25) is 43.9 Å². The van der Waals surface area contributed by atoms with Gasteiger partial charge < -0.3 is 40.1 Å². The molecule has 5 fully saturated rings. The minimum Gasteiger partial charge on any atom is -0.507 e. The highest BCUT2D eigenvalue weighted by molar-refractivity contribution is 6.25. The van der Waals surface area contributed by atoms with Crippen LogP contribution in [-0.2, 0) is 19.2 Å². The summed E-state index contributed by atoms with van der Waals surface area (Å²) >= 11 is 0. The van der Waals surface area contributed by atoms with E-state index in [0.717, 1.165) is 67.6 Å². The first-order chi connectivity index (χ1) is 33.9. The maximum atomic E-state index is 13.7. The standard InChI is InChI=1S/C51H59N11O8/c1-56(40-10-5-9-38-47(40)51(69)62(50(38)68)41-14-15-44(64)53-49(41)67)32-18-20-58(21-19-32)45(65)16-17-46(66)59-24-22-57(23-25-59)26-27-70-36-7-4-6-33(28-36)61-34-12-13-35(61)31-60(30-34)42-29-39(54-55-48(42)52)37-8-2-3-11-43(37)63/h2-11,28-29,32,34-35,41,63H,12-27,30-31H2,1H3,(H2,52,55)(H,53,64,67). The smallest absolute Gasteiger partial charge is 0.264 e. The molecule has 6 aliphatic rings. The second-order valence-electron chi connectivity index (χ2n) is 19.2. The average molecular weight is 954 g/mol. The Morgan fingerprint density at radius 3 is 2.19 bits per heavy atom. The van der Waals surface area contributed by atoms with Gasteiger partial charge in [-0.15, -0.1) is 10.2 Å². The van der Waals surface area contributed by atoms with E-state index < -0.39 is 29.7 Å². The fourth-order valence-electron chi connectivity index (χ4n) is 11.3. The van der Waals surface area contributed by atoms with Crippen molar-refractivity contribution in [2.24, 2.45) is 0 Å². The monoisotopic (exact) mass is 953 g/mol. The van der Waals surface area contributed by atoms with E-state index in [1.165, 1.54) is 0 Å². The van der Waals surface area contributed by atoms with Gasteiger partial charge in [0.2, 0.25) is 23.6 Å². The fourth-order valence-corrected chi connectivity index (χ4v) is 11.3. The lowest BCUT2D eigenvalue weighted by Crippen LogP contribution is -2.54. The molecule has 6 aliphatic heterocycles. The molecule has 366 valence electrons. The Morgan fingerprint density at radius 1 is 0.786 bits per heavy atom. The Balaban J connectivity index is 0.645. The van der Waals surface area contributed by atoms with Crippen LogP contribution in [0.25, 0.3) is 11.3 Å². The number of ether oxygens (including phenoxy) is 1. The third kappa shape index (κ3) is 9.16. The van der Waals surface area contributed by atoms with Gasteiger partial charge in [-0.2, -0.15) is 0 Å². The number of anilines is 4. The number of nitrogens with zero attached hydrogens (tertiary/aromatic N) is 9. The van der Waals surface area contributed by atoms with Crippen molar-refractivity contribution in [3.8, 4) is 22.8 Å².